The number of ether oxygens (including phenoxy) is 1. The molecule has 0 aromatic heterocycles. The minimum Gasteiger partial charge on any atom is -0.482 e. The number of nitrogens with zero attached hydrogens (tertiary/aromatic N) is 1. The molecule has 0 amide bonds. The zero-order valence-electron chi connectivity index (χ0n) is 10.7. The topological polar surface area (TPSA) is 52.4 Å². The molecule has 2 rings (SSSR count). The third-order valence-electron chi connectivity index (χ3n) is 2.75. The number of hydrogen-bond donors (Lipinski definition) is 0. The minimum absolute atomic E-state index is 0.0782. The van der Waals surface area contributed by atoms with E-state index in [2.05, 4.69) is 15.9 Å². The van der Waals surface area contributed by atoms with Crippen LogP contribution in [0.15, 0.2) is 36.4 Å². The largest absolute Gasteiger partial charge is 0.482 e. The van der Waals surface area contributed by atoms with Gasteiger partial charge in [-0.15, -0.1) is 0 Å². The Kier molecular flexibility index (Phi) is 4.85. The molecule has 0 aliphatic carbocycles. The number of alkyl halides is 1. The van der Waals surface area contributed by atoms with Gasteiger partial charge >= 0.3 is 5.69 Å². The zero-order chi connectivity index (χ0) is 15.4. The van der Waals surface area contributed by atoms with Crippen LogP contribution < -0.4 is 4.74 Å². The molecule has 0 saturated heterocycles. The maximum atomic E-state index is 13.1. The second-order valence-electron chi connectivity index (χ2n) is 4.23. The van der Waals surface area contributed by atoms with Crippen molar-refractivity contribution in [3.8, 4) is 5.75 Å². The van der Waals surface area contributed by atoms with E-state index >= 15 is 0 Å². The van der Waals surface area contributed by atoms with Crippen molar-refractivity contribution in [2.24, 2.45) is 0 Å². The Balaban J connectivity index is 2.19. The van der Waals surface area contributed by atoms with Crippen molar-refractivity contribution in [2.45, 2.75) is 11.9 Å². The van der Waals surface area contributed by atoms with Gasteiger partial charge in [0.15, 0.2) is 17.4 Å². The summed E-state index contributed by atoms with van der Waals surface area (Å²) < 4.78 is 31.2. The molecule has 0 fully saturated rings. The molecule has 0 N–H and O–H groups in total. The molecule has 21 heavy (non-hydrogen) atoms. The lowest BCUT2D eigenvalue weighted by atomic mass is 10.2. The van der Waals surface area contributed by atoms with E-state index in [-0.39, 0.29) is 18.0 Å². The Morgan fingerprint density at radius 1 is 1.10 bits per heavy atom. The summed E-state index contributed by atoms with van der Waals surface area (Å²) in [4.78, 5) is 10.5. The second kappa shape index (κ2) is 6.62. The quantitative estimate of drug-likeness (QED) is 0.454. The van der Waals surface area contributed by atoms with Crippen LogP contribution in [0.2, 0.25) is 0 Å². The predicted molar refractivity (Wildman–Crippen MR) is 76.4 cm³/mol. The lowest BCUT2D eigenvalue weighted by molar-refractivity contribution is -0.386. The molecular weight excluding hydrogens is 348 g/mol. The third-order valence-corrected chi connectivity index (χ3v) is 3.40. The van der Waals surface area contributed by atoms with Gasteiger partial charge in [0.25, 0.3) is 0 Å². The van der Waals surface area contributed by atoms with Crippen LogP contribution in [0.25, 0.3) is 0 Å². The van der Waals surface area contributed by atoms with E-state index in [0.717, 1.165) is 17.7 Å². The summed E-state index contributed by atoms with van der Waals surface area (Å²) in [5, 5.41) is 11.5. The van der Waals surface area contributed by atoms with Crippen molar-refractivity contribution in [3.63, 3.8) is 0 Å². The number of nitro benzene ring substituents is 1. The van der Waals surface area contributed by atoms with Crippen LogP contribution in [0.4, 0.5) is 14.5 Å². The van der Waals surface area contributed by atoms with Gasteiger partial charge in [0.05, 0.1) is 4.92 Å². The zero-order valence-corrected chi connectivity index (χ0v) is 12.3. The highest BCUT2D eigenvalue weighted by Crippen LogP contribution is 2.29. The van der Waals surface area contributed by atoms with E-state index in [1.807, 2.05) is 0 Å². The molecular formula is C14H10BrF2NO3. The van der Waals surface area contributed by atoms with Crippen molar-refractivity contribution in [1.82, 2.24) is 0 Å². The minimum atomic E-state index is -0.986. The van der Waals surface area contributed by atoms with Crippen LogP contribution in [0.5, 0.6) is 5.75 Å². The Morgan fingerprint density at radius 3 is 2.43 bits per heavy atom. The molecule has 0 aliphatic heterocycles. The lowest BCUT2D eigenvalue weighted by Gasteiger charge is -2.08. The van der Waals surface area contributed by atoms with Gasteiger partial charge in [-0.25, -0.2) is 8.78 Å². The molecule has 0 atom stereocenters. The number of hydrogen-bond acceptors (Lipinski definition) is 3. The summed E-state index contributed by atoms with van der Waals surface area (Å²) in [6, 6.07) is 7.90. The van der Waals surface area contributed by atoms with E-state index in [1.165, 1.54) is 18.2 Å². The van der Waals surface area contributed by atoms with Gasteiger partial charge in [-0.3, -0.25) is 10.1 Å². The maximum Gasteiger partial charge on any atom is 0.311 e. The Hall–Kier alpha value is -2.02. The number of nitro groups is 1. The average Bonchev–Trinajstić information content (AvgIpc) is 2.48. The van der Waals surface area contributed by atoms with Crippen LogP contribution in [0, 0.1) is 21.7 Å². The first kappa shape index (κ1) is 15.4. The standard InChI is InChI=1S/C14H10BrF2NO3/c15-7-9-2-4-14(13(6-9)18(19)20)21-8-10-1-3-11(16)12(17)5-10/h1-6H,7-8H2. The first-order valence-electron chi connectivity index (χ1n) is 5.91. The summed E-state index contributed by atoms with van der Waals surface area (Å²) in [6.45, 7) is -0.0916. The highest BCUT2D eigenvalue weighted by atomic mass is 79.9. The third kappa shape index (κ3) is 3.75. The molecule has 0 heterocycles. The van der Waals surface area contributed by atoms with Gasteiger partial charge in [0.1, 0.15) is 6.61 Å². The highest BCUT2D eigenvalue weighted by Gasteiger charge is 2.16. The SMILES string of the molecule is O=[N+]([O-])c1cc(CBr)ccc1OCc1ccc(F)c(F)c1. The van der Waals surface area contributed by atoms with Crippen molar-refractivity contribution in [1.29, 1.82) is 0 Å². The van der Waals surface area contributed by atoms with E-state index in [4.69, 9.17) is 4.74 Å². The first-order valence-corrected chi connectivity index (χ1v) is 7.03. The van der Waals surface area contributed by atoms with E-state index in [0.29, 0.717) is 10.9 Å². The molecule has 0 radical (unpaired) electrons. The first-order chi connectivity index (χ1) is 10.0. The van der Waals surface area contributed by atoms with Crippen LogP contribution in [0.1, 0.15) is 11.1 Å². The molecule has 0 unspecified atom stereocenters. The summed E-state index contributed by atoms with van der Waals surface area (Å²) in [5.41, 5.74) is 0.948. The van der Waals surface area contributed by atoms with Gasteiger partial charge in [-0.1, -0.05) is 28.1 Å². The molecule has 2 aromatic carbocycles. The van der Waals surface area contributed by atoms with Crippen LogP contribution in [-0.4, -0.2) is 4.92 Å². The number of rotatable bonds is 5. The fraction of sp³-hybridized carbons (Fsp3) is 0.143. The smallest absolute Gasteiger partial charge is 0.311 e. The number of halogens is 3. The highest BCUT2D eigenvalue weighted by molar-refractivity contribution is 9.08. The van der Waals surface area contributed by atoms with Crippen molar-refractivity contribution in [2.75, 3.05) is 0 Å². The summed E-state index contributed by atoms with van der Waals surface area (Å²) >= 11 is 3.22. The van der Waals surface area contributed by atoms with Crippen LogP contribution >= 0.6 is 15.9 Å². The fourth-order valence-corrected chi connectivity index (χ4v) is 2.05. The monoisotopic (exact) mass is 357 g/mol. The van der Waals surface area contributed by atoms with E-state index in [1.54, 1.807) is 6.07 Å². The molecule has 0 saturated carbocycles. The van der Waals surface area contributed by atoms with Gasteiger partial charge in [-0.05, 0) is 29.3 Å². The molecule has 2 aromatic rings. The molecule has 7 heteroatoms. The predicted octanol–water partition coefficient (Wildman–Crippen LogP) is 4.35. The van der Waals surface area contributed by atoms with Crippen molar-refractivity contribution >= 4 is 21.6 Å². The van der Waals surface area contributed by atoms with Crippen LogP contribution in [-0.2, 0) is 11.9 Å². The van der Waals surface area contributed by atoms with Gasteiger partial charge in [-0.2, -0.15) is 0 Å². The summed E-state index contributed by atoms with van der Waals surface area (Å²) in [7, 11) is 0. The van der Waals surface area contributed by atoms with Gasteiger partial charge in [0.2, 0.25) is 0 Å². The van der Waals surface area contributed by atoms with Gasteiger partial charge in [0, 0.05) is 11.4 Å². The summed E-state index contributed by atoms with van der Waals surface area (Å²) in [6.07, 6.45) is 0. The molecule has 0 aliphatic rings. The fourth-order valence-electron chi connectivity index (χ4n) is 1.70. The average molecular weight is 358 g/mol. The van der Waals surface area contributed by atoms with Crippen molar-refractivity contribution < 1.29 is 18.4 Å². The molecule has 0 spiro atoms. The van der Waals surface area contributed by atoms with Crippen molar-refractivity contribution in [3.05, 3.63) is 69.3 Å². The summed E-state index contributed by atoms with van der Waals surface area (Å²) in [5.74, 6) is -1.86. The van der Waals surface area contributed by atoms with Gasteiger partial charge < -0.3 is 4.74 Å². The Bertz CT molecular complexity index is 679. The lowest BCUT2D eigenvalue weighted by Crippen LogP contribution is -2.00. The molecule has 4 nitrogen and oxygen atoms in total. The maximum absolute atomic E-state index is 13.1. The second-order valence-corrected chi connectivity index (χ2v) is 4.79. The van der Waals surface area contributed by atoms with Crippen LogP contribution in [0.3, 0.4) is 0 Å². The normalized spacial score (nSPS) is 10.4. The van der Waals surface area contributed by atoms with E-state index in [9.17, 15) is 18.9 Å². The molecule has 110 valence electrons. The van der Waals surface area contributed by atoms with E-state index < -0.39 is 16.6 Å². The molecule has 0 bridgehead atoms. The Labute approximate surface area is 127 Å². The number of benzene rings is 2. The Morgan fingerprint density at radius 2 is 1.81 bits per heavy atom.